The summed E-state index contributed by atoms with van der Waals surface area (Å²) in [5.41, 5.74) is 0.922. The minimum absolute atomic E-state index is 0.0744. The summed E-state index contributed by atoms with van der Waals surface area (Å²) in [6.45, 7) is 2.00. The minimum atomic E-state index is -0.606. The lowest BCUT2D eigenvalue weighted by Gasteiger charge is -2.07. The van der Waals surface area contributed by atoms with Crippen LogP contribution in [0.25, 0.3) is 6.08 Å². The van der Waals surface area contributed by atoms with Gasteiger partial charge in [0.1, 0.15) is 21.7 Å². The van der Waals surface area contributed by atoms with E-state index in [9.17, 15) is 4.79 Å². The van der Waals surface area contributed by atoms with Crippen molar-refractivity contribution < 1.29 is 9.53 Å². The van der Waals surface area contributed by atoms with E-state index in [4.69, 9.17) is 10.1 Å². The molecule has 0 radical (unpaired) electrons. The number of methoxy groups -OCH3 is 1. The Balaban J connectivity index is 1.93. The van der Waals surface area contributed by atoms with Crippen LogP contribution < -0.4 is 4.74 Å². The number of carbonyl (C=O) groups is 1. The van der Waals surface area contributed by atoms with Crippen molar-refractivity contribution in [2.75, 3.05) is 7.11 Å². The Hall–Kier alpha value is -0.530. The van der Waals surface area contributed by atoms with Gasteiger partial charge in [0.2, 0.25) is 0 Å². The van der Waals surface area contributed by atoms with E-state index >= 15 is 0 Å². The van der Waals surface area contributed by atoms with Crippen LogP contribution in [0.5, 0.6) is 5.75 Å². The van der Waals surface area contributed by atoms with Crippen molar-refractivity contribution in [3.05, 3.63) is 39.8 Å². The molecule has 130 valence electrons. The average molecular weight is 597 g/mol. The molecule has 3 rings (SSSR count). The summed E-state index contributed by atoms with van der Waals surface area (Å²) in [6, 6.07) is 3.94. The number of aryl methyl sites for hydroxylation is 1. The van der Waals surface area contributed by atoms with Crippen LogP contribution in [-0.4, -0.2) is 28.1 Å². The van der Waals surface area contributed by atoms with Gasteiger partial charge in [-0.1, -0.05) is 18.7 Å². The monoisotopic (exact) mass is 597 g/mol. The van der Waals surface area contributed by atoms with E-state index in [1.807, 2.05) is 25.1 Å². The van der Waals surface area contributed by atoms with Crippen molar-refractivity contribution in [2.45, 2.75) is 19.3 Å². The molecular weight excluding hydrogens is 584 g/mol. The highest BCUT2D eigenvalue weighted by atomic mass is 127. The number of ketones is 1. The third-order valence-corrected chi connectivity index (χ3v) is 7.27. The molecule has 1 fully saturated rings. The van der Waals surface area contributed by atoms with E-state index in [1.165, 1.54) is 23.1 Å². The first kappa shape index (κ1) is 19.2. The Kier molecular flexibility index (Phi) is 6.16. The van der Waals surface area contributed by atoms with Crippen LogP contribution in [0.1, 0.15) is 28.4 Å². The van der Waals surface area contributed by atoms with E-state index < -0.39 is 5.92 Å². The van der Waals surface area contributed by atoms with Gasteiger partial charge < -0.3 is 4.74 Å². The predicted molar refractivity (Wildman–Crippen MR) is 119 cm³/mol. The third-order valence-electron chi connectivity index (χ3n) is 3.54. The molecule has 1 aliphatic rings. The van der Waals surface area contributed by atoms with Crippen molar-refractivity contribution in [3.63, 3.8) is 0 Å². The van der Waals surface area contributed by atoms with Gasteiger partial charge >= 0.3 is 0 Å². The van der Waals surface area contributed by atoms with Crippen LogP contribution in [0.15, 0.2) is 17.0 Å². The lowest BCUT2D eigenvalue weighted by atomic mass is 10.1. The van der Waals surface area contributed by atoms with E-state index in [2.05, 4.69) is 55.4 Å². The molecule has 0 saturated carbocycles. The van der Waals surface area contributed by atoms with E-state index in [-0.39, 0.29) is 5.78 Å². The summed E-state index contributed by atoms with van der Waals surface area (Å²) in [6.07, 6.45) is 2.62. The lowest BCUT2D eigenvalue weighted by Crippen LogP contribution is -2.11. The molecule has 0 bridgehead atoms. The number of allylic oxidation sites excluding steroid dienone is 1. The van der Waals surface area contributed by atoms with Gasteiger partial charge in [-0.3, -0.25) is 10.2 Å². The maximum absolute atomic E-state index is 12.8. The molecule has 5 nitrogen and oxygen atoms in total. The van der Waals surface area contributed by atoms with E-state index in [0.29, 0.717) is 15.0 Å². The zero-order valence-corrected chi connectivity index (χ0v) is 19.2. The largest absolute Gasteiger partial charge is 0.495 e. The molecule has 1 N–H and O–H groups in total. The second-order valence-corrected chi connectivity index (χ2v) is 9.68. The summed E-state index contributed by atoms with van der Waals surface area (Å²) >= 11 is 7.06. The van der Waals surface area contributed by atoms with Crippen LogP contribution in [0.2, 0.25) is 0 Å². The fourth-order valence-electron chi connectivity index (χ4n) is 2.35. The highest BCUT2D eigenvalue weighted by Crippen LogP contribution is 2.42. The van der Waals surface area contributed by atoms with Gasteiger partial charge in [0.15, 0.2) is 5.78 Å². The number of Topliss-reactive ketones (excluding diaryl/α,β-unsaturated/α-hetero) is 1. The zero-order valence-electron chi connectivity index (χ0n) is 13.3. The predicted octanol–water partition coefficient (Wildman–Crippen LogP) is 4.74. The number of carbonyl (C=O) groups excluding carboxylic acids is 1. The fraction of sp³-hybridized carbons (Fsp3) is 0.250. The van der Waals surface area contributed by atoms with Gasteiger partial charge in [-0.2, -0.15) is 0 Å². The SMILES string of the molecule is CCc1nnc([C@@H]2C(=N)S/C(=C\c3cc(I)c(OC)c(I)c3)C2=O)s1. The molecule has 1 aromatic carbocycles. The molecule has 1 saturated heterocycles. The van der Waals surface area contributed by atoms with Gasteiger partial charge in [0, 0.05) is 0 Å². The number of aromatic nitrogens is 2. The summed E-state index contributed by atoms with van der Waals surface area (Å²) in [7, 11) is 1.65. The number of hydrogen-bond donors (Lipinski definition) is 1. The van der Waals surface area contributed by atoms with Crippen LogP contribution in [0.4, 0.5) is 0 Å². The Morgan fingerprint density at radius 3 is 2.56 bits per heavy atom. The van der Waals surface area contributed by atoms with E-state index in [0.717, 1.165) is 29.9 Å². The number of halogens is 2. The highest BCUT2D eigenvalue weighted by molar-refractivity contribution is 14.1. The number of rotatable bonds is 4. The number of thioether (sulfide) groups is 1. The smallest absolute Gasteiger partial charge is 0.186 e. The zero-order chi connectivity index (χ0) is 18.1. The Morgan fingerprint density at radius 1 is 1.32 bits per heavy atom. The second kappa shape index (κ2) is 8.01. The van der Waals surface area contributed by atoms with Crippen LogP contribution in [0, 0.1) is 12.5 Å². The minimum Gasteiger partial charge on any atom is -0.495 e. The molecular formula is C16H13I2N3O2S2. The van der Waals surface area contributed by atoms with Crippen molar-refractivity contribution in [1.29, 1.82) is 5.41 Å². The number of nitrogens with zero attached hydrogens (tertiary/aromatic N) is 2. The Morgan fingerprint density at radius 2 is 2.00 bits per heavy atom. The first-order valence-electron chi connectivity index (χ1n) is 7.32. The van der Waals surface area contributed by atoms with Crippen molar-refractivity contribution in [3.8, 4) is 5.75 Å². The Bertz CT molecular complexity index is 872. The molecule has 0 spiro atoms. The maximum Gasteiger partial charge on any atom is 0.186 e. The maximum atomic E-state index is 12.8. The van der Waals surface area contributed by atoms with Crippen molar-refractivity contribution in [1.82, 2.24) is 10.2 Å². The first-order valence-corrected chi connectivity index (χ1v) is 11.1. The molecule has 2 aromatic rings. The molecule has 25 heavy (non-hydrogen) atoms. The van der Waals surface area contributed by atoms with E-state index in [1.54, 1.807) is 7.11 Å². The van der Waals surface area contributed by atoms with Gasteiger partial charge in [-0.15, -0.1) is 21.5 Å². The van der Waals surface area contributed by atoms with Gasteiger partial charge in [-0.25, -0.2) is 0 Å². The molecule has 2 heterocycles. The van der Waals surface area contributed by atoms with Crippen LogP contribution >= 0.6 is 68.3 Å². The normalized spacial score (nSPS) is 19.0. The quantitative estimate of drug-likeness (QED) is 0.408. The number of hydrogen-bond acceptors (Lipinski definition) is 7. The molecule has 1 aromatic heterocycles. The fourth-order valence-corrected chi connectivity index (χ4v) is 6.56. The highest BCUT2D eigenvalue weighted by Gasteiger charge is 2.39. The summed E-state index contributed by atoms with van der Waals surface area (Å²) in [5.74, 6) is 0.153. The van der Waals surface area contributed by atoms with Crippen LogP contribution in [-0.2, 0) is 11.2 Å². The second-order valence-electron chi connectivity index (χ2n) is 5.18. The molecule has 9 heteroatoms. The molecule has 0 unspecified atom stereocenters. The molecule has 1 atom stereocenters. The summed E-state index contributed by atoms with van der Waals surface area (Å²) < 4.78 is 7.34. The van der Waals surface area contributed by atoms with Gasteiger partial charge in [0.05, 0.1) is 24.2 Å². The first-order chi connectivity index (χ1) is 11.9. The molecule has 0 aliphatic carbocycles. The molecule has 0 amide bonds. The van der Waals surface area contributed by atoms with Gasteiger partial charge in [0.25, 0.3) is 0 Å². The third kappa shape index (κ3) is 3.93. The van der Waals surface area contributed by atoms with Crippen molar-refractivity contribution >= 4 is 85.2 Å². The van der Waals surface area contributed by atoms with Crippen molar-refractivity contribution in [2.24, 2.45) is 0 Å². The summed E-state index contributed by atoms with van der Waals surface area (Å²) in [4.78, 5) is 13.4. The topological polar surface area (TPSA) is 75.9 Å². The molecule has 1 aliphatic heterocycles. The number of benzene rings is 1. The number of nitrogens with one attached hydrogen (secondary N) is 1. The van der Waals surface area contributed by atoms with Gasteiger partial charge in [-0.05, 0) is 75.4 Å². The van der Waals surface area contributed by atoms with Crippen LogP contribution in [0.3, 0.4) is 0 Å². The average Bonchev–Trinajstić information content (AvgIpc) is 3.12. The standard InChI is InChI=1S/C16H13I2N3O2S2/c1-3-11-20-21-16(25-11)12-13(22)10(24-15(12)19)6-7-4-8(17)14(23-2)9(18)5-7/h4-6,12,19H,3H2,1-2H3/b10-6-,19-15?/t12-/m0/s1. The Labute approximate surface area is 180 Å². The summed E-state index contributed by atoms with van der Waals surface area (Å²) in [5, 5.41) is 18.2. The number of ether oxygens (including phenoxy) is 1. The lowest BCUT2D eigenvalue weighted by molar-refractivity contribution is -0.114.